The minimum absolute atomic E-state index is 0.161. The number of carbonyl (C=O) groups is 1. The normalized spacial score (nSPS) is 11.6. The Morgan fingerprint density at radius 3 is 2.44 bits per heavy atom. The van der Waals surface area contributed by atoms with Crippen molar-refractivity contribution in [3.63, 3.8) is 0 Å². The van der Waals surface area contributed by atoms with Crippen LogP contribution in [0.2, 0.25) is 0 Å². The van der Waals surface area contributed by atoms with Crippen molar-refractivity contribution in [2.45, 2.75) is 0 Å². The van der Waals surface area contributed by atoms with Crippen LogP contribution in [0.1, 0.15) is 15.9 Å². The molecule has 2 aromatic rings. The molecule has 0 atom stereocenters. The Morgan fingerprint density at radius 1 is 0.960 bits per heavy atom. The lowest BCUT2D eigenvalue weighted by atomic mass is 10.1. The Morgan fingerprint density at radius 2 is 1.68 bits per heavy atom. The maximum absolute atomic E-state index is 12.2. The standard InChI is InChI=1S/C18H18N2O5/c1-11(12-4-6-14(22-2)16(8-12)23-3)19-20-18(21)13-5-7-15-17(9-13)25-10-24-15/h4-9,19H,1,10H2,2-3H3,(H,20,21). The van der Waals surface area contributed by atoms with Crippen LogP contribution in [0.5, 0.6) is 23.0 Å². The molecule has 0 spiro atoms. The van der Waals surface area contributed by atoms with E-state index >= 15 is 0 Å². The second-order valence-electron chi connectivity index (χ2n) is 5.20. The van der Waals surface area contributed by atoms with E-state index in [-0.39, 0.29) is 12.7 Å². The number of carbonyl (C=O) groups excluding carboxylic acids is 1. The first kappa shape index (κ1) is 16.5. The van der Waals surface area contributed by atoms with E-state index in [4.69, 9.17) is 18.9 Å². The van der Waals surface area contributed by atoms with E-state index in [1.807, 2.05) is 6.07 Å². The molecule has 1 amide bonds. The molecule has 7 heteroatoms. The molecule has 130 valence electrons. The van der Waals surface area contributed by atoms with Gasteiger partial charge in [0.2, 0.25) is 6.79 Å². The number of fused-ring (bicyclic) bond motifs is 1. The summed E-state index contributed by atoms with van der Waals surface area (Å²) in [4.78, 5) is 12.2. The lowest BCUT2D eigenvalue weighted by Crippen LogP contribution is -2.35. The number of hydrogen-bond acceptors (Lipinski definition) is 6. The van der Waals surface area contributed by atoms with E-state index in [0.29, 0.717) is 34.3 Å². The largest absolute Gasteiger partial charge is 0.493 e. The molecule has 0 aliphatic carbocycles. The van der Waals surface area contributed by atoms with Gasteiger partial charge in [-0.15, -0.1) is 0 Å². The molecule has 0 saturated carbocycles. The number of hydrazine groups is 1. The summed E-state index contributed by atoms with van der Waals surface area (Å²) < 4.78 is 20.9. The highest BCUT2D eigenvalue weighted by Crippen LogP contribution is 2.32. The van der Waals surface area contributed by atoms with Crippen molar-refractivity contribution in [1.82, 2.24) is 10.9 Å². The van der Waals surface area contributed by atoms with E-state index in [2.05, 4.69) is 17.4 Å². The molecule has 0 unspecified atom stereocenters. The number of benzene rings is 2. The monoisotopic (exact) mass is 342 g/mol. The summed E-state index contributed by atoms with van der Waals surface area (Å²) in [5.74, 6) is 2.04. The SMILES string of the molecule is C=C(NNC(=O)c1ccc2c(c1)OCO2)c1ccc(OC)c(OC)c1. The zero-order valence-corrected chi connectivity index (χ0v) is 13.9. The highest BCUT2D eigenvalue weighted by Gasteiger charge is 2.16. The number of hydrogen-bond donors (Lipinski definition) is 2. The zero-order valence-electron chi connectivity index (χ0n) is 13.9. The first-order valence-electron chi connectivity index (χ1n) is 7.49. The van der Waals surface area contributed by atoms with Crippen molar-refractivity contribution >= 4 is 11.6 Å². The van der Waals surface area contributed by atoms with E-state index in [1.54, 1.807) is 44.6 Å². The second-order valence-corrected chi connectivity index (χ2v) is 5.20. The van der Waals surface area contributed by atoms with Gasteiger partial charge in [-0.3, -0.25) is 15.6 Å². The Balaban J connectivity index is 1.65. The molecule has 25 heavy (non-hydrogen) atoms. The minimum atomic E-state index is -0.320. The fraction of sp³-hybridized carbons (Fsp3) is 0.167. The molecule has 1 heterocycles. The molecule has 0 bridgehead atoms. The predicted octanol–water partition coefficient (Wildman–Crippen LogP) is 2.34. The molecule has 1 aliphatic rings. The zero-order chi connectivity index (χ0) is 17.8. The van der Waals surface area contributed by atoms with Gasteiger partial charge in [-0.05, 0) is 36.4 Å². The summed E-state index contributed by atoms with van der Waals surface area (Å²) in [6.45, 7) is 4.07. The molecule has 0 saturated heterocycles. The summed E-state index contributed by atoms with van der Waals surface area (Å²) in [7, 11) is 3.12. The van der Waals surface area contributed by atoms with Gasteiger partial charge in [0.15, 0.2) is 23.0 Å². The lowest BCUT2D eigenvalue weighted by molar-refractivity contribution is 0.0942. The molecule has 0 radical (unpaired) electrons. The first-order chi connectivity index (χ1) is 12.1. The van der Waals surface area contributed by atoms with Gasteiger partial charge >= 0.3 is 0 Å². The van der Waals surface area contributed by atoms with Crippen molar-refractivity contribution in [1.29, 1.82) is 0 Å². The van der Waals surface area contributed by atoms with Gasteiger partial charge in [0.25, 0.3) is 5.91 Å². The quantitative estimate of drug-likeness (QED) is 0.785. The van der Waals surface area contributed by atoms with Crippen LogP contribution in [-0.4, -0.2) is 26.9 Å². The van der Waals surface area contributed by atoms with Crippen molar-refractivity contribution in [3.05, 3.63) is 54.1 Å². The van der Waals surface area contributed by atoms with Crippen LogP contribution < -0.4 is 29.8 Å². The van der Waals surface area contributed by atoms with Crippen molar-refractivity contribution < 1.29 is 23.7 Å². The van der Waals surface area contributed by atoms with Gasteiger partial charge < -0.3 is 18.9 Å². The Kier molecular flexibility index (Phi) is 4.65. The topological polar surface area (TPSA) is 78.1 Å². The fourth-order valence-electron chi connectivity index (χ4n) is 2.34. The molecule has 0 aromatic heterocycles. The van der Waals surface area contributed by atoms with Crippen LogP contribution in [0, 0.1) is 0 Å². The number of nitrogens with one attached hydrogen (secondary N) is 2. The van der Waals surface area contributed by atoms with Crippen LogP contribution in [-0.2, 0) is 0 Å². The Labute approximate surface area is 145 Å². The average Bonchev–Trinajstić information content (AvgIpc) is 3.12. The smallest absolute Gasteiger partial charge is 0.269 e. The molecule has 7 nitrogen and oxygen atoms in total. The molecular formula is C18H18N2O5. The molecule has 2 N–H and O–H groups in total. The van der Waals surface area contributed by atoms with Crippen LogP contribution in [0.4, 0.5) is 0 Å². The summed E-state index contributed by atoms with van der Waals surface area (Å²) in [6, 6.07) is 10.3. The van der Waals surface area contributed by atoms with Crippen molar-refractivity contribution in [3.8, 4) is 23.0 Å². The van der Waals surface area contributed by atoms with Gasteiger partial charge in [-0.2, -0.15) is 0 Å². The third-order valence-electron chi connectivity index (χ3n) is 3.69. The second kappa shape index (κ2) is 7.04. The third-order valence-corrected chi connectivity index (χ3v) is 3.69. The van der Waals surface area contributed by atoms with Crippen molar-refractivity contribution in [2.24, 2.45) is 0 Å². The average molecular weight is 342 g/mol. The Bertz CT molecular complexity index is 819. The van der Waals surface area contributed by atoms with Crippen LogP contribution in [0.25, 0.3) is 5.70 Å². The minimum Gasteiger partial charge on any atom is -0.493 e. The Hall–Kier alpha value is -3.35. The number of ether oxygens (including phenoxy) is 4. The van der Waals surface area contributed by atoms with Gasteiger partial charge in [0.1, 0.15) is 0 Å². The van der Waals surface area contributed by atoms with Crippen LogP contribution >= 0.6 is 0 Å². The summed E-state index contributed by atoms with van der Waals surface area (Å²) in [5, 5.41) is 0. The van der Waals surface area contributed by atoms with Gasteiger partial charge in [0.05, 0.1) is 19.9 Å². The van der Waals surface area contributed by atoms with Gasteiger partial charge in [-0.25, -0.2) is 0 Å². The molecule has 0 fully saturated rings. The molecular weight excluding hydrogens is 324 g/mol. The van der Waals surface area contributed by atoms with Crippen LogP contribution in [0.3, 0.4) is 0 Å². The lowest BCUT2D eigenvalue weighted by Gasteiger charge is -2.14. The third kappa shape index (κ3) is 3.45. The maximum atomic E-state index is 12.2. The number of rotatable bonds is 6. The summed E-state index contributed by atoms with van der Waals surface area (Å²) in [5.41, 5.74) is 7.09. The van der Waals surface area contributed by atoms with E-state index in [9.17, 15) is 4.79 Å². The summed E-state index contributed by atoms with van der Waals surface area (Å²) >= 11 is 0. The van der Waals surface area contributed by atoms with Crippen molar-refractivity contribution in [2.75, 3.05) is 21.0 Å². The van der Waals surface area contributed by atoms with Crippen LogP contribution in [0.15, 0.2) is 43.0 Å². The van der Waals surface area contributed by atoms with Gasteiger partial charge in [-0.1, -0.05) is 6.58 Å². The number of methoxy groups -OCH3 is 2. The van der Waals surface area contributed by atoms with E-state index in [1.165, 1.54) is 0 Å². The van der Waals surface area contributed by atoms with E-state index < -0.39 is 0 Å². The first-order valence-corrected chi connectivity index (χ1v) is 7.49. The molecule has 1 aliphatic heterocycles. The summed E-state index contributed by atoms with van der Waals surface area (Å²) in [6.07, 6.45) is 0. The predicted molar refractivity (Wildman–Crippen MR) is 91.7 cm³/mol. The maximum Gasteiger partial charge on any atom is 0.269 e. The number of amides is 1. The highest BCUT2D eigenvalue weighted by molar-refractivity contribution is 5.95. The highest BCUT2D eigenvalue weighted by atomic mass is 16.7. The van der Waals surface area contributed by atoms with Gasteiger partial charge in [0, 0.05) is 11.1 Å². The molecule has 3 rings (SSSR count). The molecule has 2 aromatic carbocycles. The van der Waals surface area contributed by atoms with E-state index in [0.717, 1.165) is 5.56 Å². The fourth-order valence-corrected chi connectivity index (χ4v) is 2.34.